The Labute approximate surface area is 230 Å². The van der Waals surface area contributed by atoms with Crippen molar-refractivity contribution in [3.8, 4) is 17.1 Å². The summed E-state index contributed by atoms with van der Waals surface area (Å²) in [6.45, 7) is 4.31. The smallest absolute Gasteiger partial charge is 0.234 e. The third kappa shape index (κ3) is 7.00. The highest BCUT2D eigenvalue weighted by Gasteiger charge is 2.15. The fourth-order valence-electron chi connectivity index (χ4n) is 3.53. The van der Waals surface area contributed by atoms with Crippen molar-refractivity contribution in [2.45, 2.75) is 11.7 Å². The number of ketones is 1. The summed E-state index contributed by atoms with van der Waals surface area (Å²) in [6.07, 6.45) is 5.02. The van der Waals surface area contributed by atoms with Gasteiger partial charge in [0.2, 0.25) is 5.91 Å². The summed E-state index contributed by atoms with van der Waals surface area (Å²) in [4.78, 5) is 25.1. The molecule has 38 heavy (non-hydrogen) atoms. The van der Waals surface area contributed by atoms with Gasteiger partial charge in [-0.15, -0.1) is 16.8 Å². The number of anilines is 1. The second-order valence-corrected chi connectivity index (χ2v) is 9.48. The summed E-state index contributed by atoms with van der Waals surface area (Å²) in [5.41, 5.74) is 2.88. The Kier molecular flexibility index (Phi) is 9.13. The number of aromatic nitrogens is 3. The van der Waals surface area contributed by atoms with E-state index in [0.717, 1.165) is 16.9 Å². The van der Waals surface area contributed by atoms with E-state index >= 15 is 0 Å². The maximum Gasteiger partial charge on any atom is 0.234 e. The van der Waals surface area contributed by atoms with Crippen molar-refractivity contribution >= 4 is 46.8 Å². The first-order valence-corrected chi connectivity index (χ1v) is 13.0. The Morgan fingerprint density at radius 1 is 1.03 bits per heavy atom. The lowest BCUT2D eigenvalue weighted by molar-refractivity contribution is -0.113. The molecule has 0 aliphatic carbocycles. The van der Waals surface area contributed by atoms with Crippen LogP contribution in [0.1, 0.15) is 15.9 Å². The van der Waals surface area contributed by atoms with E-state index in [1.54, 1.807) is 55.7 Å². The lowest BCUT2D eigenvalue weighted by Gasteiger charge is -2.08. The molecule has 0 atom stereocenters. The Balaban J connectivity index is 1.33. The van der Waals surface area contributed by atoms with Gasteiger partial charge in [0.15, 0.2) is 16.8 Å². The number of nitrogens with zero attached hydrogens (tertiary/aromatic N) is 3. The van der Waals surface area contributed by atoms with Crippen LogP contribution in [-0.2, 0) is 11.3 Å². The van der Waals surface area contributed by atoms with Crippen molar-refractivity contribution in [2.75, 3.05) is 18.2 Å². The number of methoxy groups -OCH3 is 1. The number of nitrogens with one attached hydrogen (secondary N) is 1. The number of hydrogen-bond acceptors (Lipinski definition) is 6. The molecule has 0 aliphatic rings. The van der Waals surface area contributed by atoms with Crippen LogP contribution in [-0.4, -0.2) is 39.3 Å². The zero-order valence-corrected chi connectivity index (χ0v) is 22.2. The van der Waals surface area contributed by atoms with Crippen LogP contribution in [0.3, 0.4) is 0 Å². The summed E-state index contributed by atoms with van der Waals surface area (Å²) in [5, 5.41) is 12.6. The average Bonchev–Trinajstić information content (AvgIpc) is 3.34. The zero-order chi connectivity index (χ0) is 26.9. The number of hydrogen-bond donors (Lipinski definition) is 1. The van der Waals surface area contributed by atoms with Gasteiger partial charge >= 0.3 is 0 Å². The number of carbonyl (C=O) groups excluding carboxylic acids is 2. The SMILES string of the molecule is C=CCn1c(SCC(=O)Nc2ccc(C(=O)/C=C/c3ccc(OC)cc3)cc2)nnc1-c1ccc(Cl)cc1. The number of rotatable bonds is 11. The molecule has 0 radical (unpaired) electrons. The second kappa shape index (κ2) is 12.9. The van der Waals surface area contributed by atoms with E-state index in [0.29, 0.717) is 33.8 Å². The number of benzene rings is 3. The molecule has 1 heterocycles. The predicted molar refractivity (Wildman–Crippen MR) is 153 cm³/mol. The number of carbonyl (C=O) groups is 2. The van der Waals surface area contributed by atoms with Gasteiger partial charge in [-0.3, -0.25) is 14.2 Å². The summed E-state index contributed by atoms with van der Waals surface area (Å²) < 4.78 is 7.04. The Morgan fingerprint density at radius 3 is 2.39 bits per heavy atom. The highest BCUT2D eigenvalue weighted by atomic mass is 35.5. The minimum Gasteiger partial charge on any atom is -0.497 e. The molecule has 0 bridgehead atoms. The zero-order valence-electron chi connectivity index (χ0n) is 20.6. The van der Waals surface area contributed by atoms with E-state index in [2.05, 4.69) is 22.1 Å². The van der Waals surface area contributed by atoms with Crippen LogP contribution in [0.5, 0.6) is 5.75 Å². The summed E-state index contributed by atoms with van der Waals surface area (Å²) in [6, 6.07) is 21.5. The average molecular weight is 545 g/mol. The number of halogens is 1. The van der Waals surface area contributed by atoms with Crippen LogP contribution in [0.25, 0.3) is 17.5 Å². The lowest BCUT2D eigenvalue weighted by atomic mass is 10.1. The fraction of sp³-hybridized carbons (Fsp3) is 0.103. The molecule has 9 heteroatoms. The molecule has 0 unspecified atom stereocenters. The van der Waals surface area contributed by atoms with Crippen LogP contribution in [0.15, 0.2) is 96.7 Å². The minimum atomic E-state index is -0.199. The fourth-order valence-corrected chi connectivity index (χ4v) is 4.40. The van der Waals surface area contributed by atoms with Gasteiger partial charge in [-0.05, 0) is 72.3 Å². The van der Waals surface area contributed by atoms with E-state index in [1.165, 1.54) is 17.8 Å². The van der Waals surface area contributed by atoms with Crippen molar-refractivity contribution in [1.29, 1.82) is 0 Å². The molecular weight excluding hydrogens is 520 g/mol. The summed E-state index contributed by atoms with van der Waals surface area (Å²) in [5.74, 6) is 1.24. The molecule has 0 aliphatic heterocycles. The summed E-state index contributed by atoms with van der Waals surface area (Å²) in [7, 11) is 1.61. The van der Waals surface area contributed by atoms with E-state index < -0.39 is 0 Å². The first-order valence-electron chi connectivity index (χ1n) is 11.7. The standard InChI is InChI=1S/C29H25ClN4O3S/c1-3-18-34-28(22-7-11-23(30)12-8-22)32-33-29(34)38-19-27(36)31-24-13-9-21(10-14-24)26(35)17-6-20-4-15-25(37-2)16-5-20/h3-17H,1,18-19H2,2H3,(H,31,36)/b17-6+. The topological polar surface area (TPSA) is 86.1 Å². The molecule has 0 fully saturated rings. The predicted octanol–water partition coefficient (Wildman–Crippen LogP) is 6.42. The molecule has 192 valence electrons. The van der Waals surface area contributed by atoms with Crippen LogP contribution in [0, 0.1) is 0 Å². The number of allylic oxidation sites excluding steroid dienone is 2. The molecule has 4 aromatic rings. The third-order valence-corrected chi connectivity index (χ3v) is 6.68. The summed E-state index contributed by atoms with van der Waals surface area (Å²) >= 11 is 7.28. The molecule has 4 rings (SSSR count). The van der Waals surface area contributed by atoms with Crippen LogP contribution in [0.4, 0.5) is 5.69 Å². The molecule has 1 N–H and O–H groups in total. The van der Waals surface area contributed by atoms with Crippen LogP contribution < -0.4 is 10.1 Å². The molecular formula is C29H25ClN4O3S. The van der Waals surface area contributed by atoms with Crippen molar-refractivity contribution < 1.29 is 14.3 Å². The molecule has 0 saturated carbocycles. The second-order valence-electron chi connectivity index (χ2n) is 8.10. The first-order chi connectivity index (χ1) is 18.5. The quantitative estimate of drug-likeness (QED) is 0.101. The molecule has 0 spiro atoms. The molecule has 7 nitrogen and oxygen atoms in total. The highest BCUT2D eigenvalue weighted by Crippen LogP contribution is 2.25. The Morgan fingerprint density at radius 2 is 1.74 bits per heavy atom. The van der Waals surface area contributed by atoms with Gasteiger partial charge in [0.25, 0.3) is 0 Å². The van der Waals surface area contributed by atoms with Gasteiger partial charge in [0.1, 0.15) is 5.75 Å². The molecule has 1 aromatic heterocycles. The maximum absolute atomic E-state index is 12.6. The highest BCUT2D eigenvalue weighted by molar-refractivity contribution is 7.99. The van der Waals surface area contributed by atoms with E-state index in [4.69, 9.17) is 16.3 Å². The molecule has 0 saturated heterocycles. The lowest BCUT2D eigenvalue weighted by Crippen LogP contribution is -2.14. The van der Waals surface area contributed by atoms with Gasteiger partial charge in [-0.25, -0.2) is 0 Å². The normalized spacial score (nSPS) is 10.9. The minimum absolute atomic E-state index is 0.132. The Bertz CT molecular complexity index is 1450. The molecule has 1 amide bonds. The third-order valence-electron chi connectivity index (χ3n) is 5.46. The Hall–Kier alpha value is -4.14. The van der Waals surface area contributed by atoms with Gasteiger partial charge in [0.05, 0.1) is 12.9 Å². The number of ether oxygens (including phenoxy) is 1. The van der Waals surface area contributed by atoms with Crippen LogP contribution in [0.2, 0.25) is 5.02 Å². The van der Waals surface area contributed by atoms with Gasteiger partial charge in [0, 0.05) is 28.4 Å². The van der Waals surface area contributed by atoms with Crippen molar-refractivity contribution in [3.63, 3.8) is 0 Å². The van der Waals surface area contributed by atoms with E-state index in [1.807, 2.05) is 41.0 Å². The van der Waals surface area contributed by atoms with Crippen LogP contribution >= 0.6 is 23.4 Å². The van der Waals surface area contributed by atoms with Gasteiger partial charge in [-0.1, -0.05) is 47.6 Å². The van der Waals surface area contributed by atoms with Crippen molar-refractivity contribution in [3.05, 3.63) is 108 Å². The van der Waals surface area contributed by atoms with E-state index in [9.17, 15) is 9.59 Å². The van der Waals surface area contributed by atoms with Gasteiger partial charge < -0.3 is 10.1 Å². The molecule has 3 aromatic carbocycles. The maximum atomic E-state index is 12.6. The number of thioether (sulfide) groups is 1. The van der Waals surface area contributed by atoms with Crippen molar-refractivity contribution in [2.24, 2.45) is 0 Å². The van der Waals surface area contributed by atoms with Gasteiger partial charge in [-0.2, -0.15) is 0 Å². The van der Waals surface area contributed by atoms with Crippen molar-refractivity contribution in [1.82, 2.24) is 14.8 Å². The monoisotopic (exact) mass is 544 g/mol. The van der Waals surface area contributed by atoms with E-state index in [-0.39, 0.29) is 17.4 Å². The first kappa shape index (κ1) is 26.9. The largest absolute Gasteiger partial charge is 0.497 e. The number of amides is 1.